The molecule has 0 saturated carbocycles. The molecule has 84 valence electrons. The summed E-state index contributed by atoms with van der Waals surface area (Å²) >= 11 is 5.74. The van der Waals surface area contributed by atoms with Crippen LogP contribution in [0, 0.1) is 0 Å². The summed E-state index contributed by atoms with van der Waals surface area (Å²) in [6.45, 7) is 1.19. The quantitative estimate of drug-likeness (QED) is 0.791. The van der Waals surface area contributed by atoms with Crippen LogP contribution in [0.4, 0.5) is 0 Å². The number of hydrogen-bond acceptors (Lipinski definition) is 2. The summed E-state index contributed by atoms with van der Waals surface area (Å²) in [5, 5.41) is 3.26. The molecule has 0 radical (unpaired) electrons. The molecule has 5 heteroatoms. The van der Waals surface area contributed by atoms with Gasteiger partial charge in [-0.2, -0.15) is 0 Å². The van der Waals surface area contributed by atoms with Crippen LogP contribution in [0.25, 0.3) is 0 Å². The molecule has 0 bridgehead atoms. The molecule has 4 nitrogen and oxygen atoms in total. The van der Waals surface area contributed by atoms with Gasteiger partial charge in [-0.1, -0.05) is 11.6 Å². The molecule has 2 rings (SSSR count). The predicted molar refractivity (Wildman–Crippen MR) is 60.4 cm³/mol. The first-order valence-corrected chi connectivity index (χ1v) is 5.36. The minimum absolute atomic E-state index is 0.117. The lowest BCUT2D eigenvalue weighted by atomic mass is 10.2. The first-order valence-electron chi connectivity index (χ1n) is 4.98. The lowest BCUT2D eigenvalue weighted by Crippen LogP contribution is -2.49. The topological polar surface area (TPSA) is 49.4 Å². The van der Waals surface area contributed by atoms with Crippen LogP contribution in [0.15, 0.2) is 24.3 Å². The first-order chi connectivity index (χ1) is 7.66. The molecule has 0 atom stereocenters. The maximum atomic E-state index is 12.0. The van der Waals surface area contributed by atoms with Gasteiger partial charge in [0, 0.05) is 23.7 Å². The Bertz CT molecular complexity index is 416. The SMILES string of the molecule is O=C1CN(C(=O)c2ccc(Cl)cc2)CCN1. The van der Waals surface area contributed by atoms with Gasteiger partial charge in [0.15, 0.2) is 0 Å². The molecule has 0 spiro atoms. The van der Waals surface area contributed by atoms with Crippen LogP contribution in [0.1, 0.15) is 10.4 Å². The number of nitrogens with one attached hydrogen (secondary N) is 1. The summed E-state index contributed by atoms with van der Waals surface area (Å²) in [6.07, 6.45) is 0. The summed E-state index contributed by atoms with van der Waals surface area (Å²) in [5.41, 5.74) is 0.555. The molecule has 1 saturated heterocycles. The second kappa shape index (κ2) is 4.53. The van der Waals surface area contributed by atoms with Gasteiger partial charge in [0.1, 0.15) is 0 Å². The molecule has 2 amide bonds. The fraction of sp³-hybridized carbons (Fsp3) is 0.273. The molecule has 0 unspecified atom stereocenters. The van der Waals surface area contributed by atoms with Gasteiger partial charge in [0.25, 0.3) is 5.91 Å². The second-order valence-corrected chi connectivity index (χ2v) is 4.02. The van der Waals surface area contributed by atoms with Gasteiger partial charge in [-0.15, -0.1) is 0 Å². The third-order valence-corrected chi connectivity index (χ3v) is 2.67. The molecule has 0 aromatic heterocycles. The van der Waals surface area contributed by atoms with E-state index in [1.807, 2.05) is 0 Å². The van der Waals surface area contributed by atoms with Crippen LogP contribution in [0.3, 0.4) is 0 Å². The van der Waals surface area contributed by atoms with Gasteiger partial charge < -0.3 is 10.2 Å². The molecule has 16 heavy (non-hydrogen) atoms. The van der Waals surface area contributed by atoms with Gasteiger partial charge in [-0.05, 0) is 24.3 Å². The van der Waals surface area contributed by atoms with Crippen molar-refractivity contribution in [3.63, 3.8) is 0 Å². The minimum Gasteiger partial charge on any atom is -0.353 e. The number of carbonyl (C=O) groups excluding carboxylic acids is 2. The number of halogens is 1. The highest BCUT2D eigenvalue weighted by molar-refractivity contribution is 6.30. The first kappa shape index (κ1) is 11.0. The predicted octanol–water partition coefficient (Wildman–Crippen LogP) is 0.912. The normalized spacial score (nSPS) is 15.8. The zero-order chi connectivity index (χ0) is 11.5. The van der Waals surface area contributed by atoms with Crippen molar-refractivity contribution in [3.8, 4) is 0 Å². The largest absolute Gasteiger partial charge is 0.353 e. The van der Waals surface area contributed by atoms with E-state index < -0.39 is 0 Å². The Balaban J connectivity index is 2.12. The maximum absolute atomic E-state index is 12.0. The van der Waals surface area contributed by atoms with Gasteiger partial charge >= 0.3 is 0 Å². The Morgan fingerprint density at radius 1 is 1.31 bits per heavy atom. The van der Waals surface area contributed by atoms with Crippen molar-refractivity contribution >= 4 is 23.4 Å². The van der Waals surface area contributed by atoms with Crippen LogP contribution < -0.4 is 5.32 Å². The fourth-order valence-corrected chi connectivity index (χ4v) is 1.71. The Hall–Kier alpha value is -1.55. The standard InChI is InChI=1S/C11H11ClN2O2/c12-9-3-1-8(2-4-9)11(16)14-6-5-13-10(15)7-14/h1-4H,5-7H2,(H,13,15). The summed E-state index contributed by atoms with van der Waals surface area (Å²) in [4.78, 5) is 24.6. The van der Waals surface area contributed by atoms with Crippen molar-refractivity contribution in [2.24, 2.45) is 0 Å². The Kier molecular flexibility index (Phi) is 3.10. The molecule has 1 aromatic rings. The number of nitrogens with zero attached hydrogens (tertiary/aromatic N) is 1. The maximum Gasteiger partial charge on any atom is 0.254 e. The zero-order valence-electron chi connectivity index (χ0n) is 8.57. The summed E-state index contributed by atoms with van der Waals surface area (Å²) in [7, 11) is 0. The number of carbonyl (C=O) groups is 2. The van der Waals surface area contributed by atoms with E-state index in [9.17, 15) is 9.59 Å². The van der Waals surface area contributed by atoms with Crippen molar-refractivity contribution in [2.45, 2.75) is 0 Å². The fourth-order valence-electron chi connectivity index (χ4n) is 1.59. The summed E-state index contributed by atoms with van der Waals surface area (Å²) in [5.74, 6) is -0.250. The summed E-state index contributed by atoms with van der Waals surface area (Å²) < 4.78 is 0. The smallest absolute Gasteiger partial charge is 0.254 e. The number of piperazine rings is 1. The molecule has 1 aromatic carbocycles. The van der Waals surface area contributed by atoms with Gasteiger partial charge in [0.05, 0.1) is 6.54 Å². The Labute approximate surface area is 98.2 Å². The van der Waals surface area contributed by atoms with Crippen molar-refractivity contribution in [1.82, 2.24) is 10.2 Å². The monoisotopic (exact) mass is 238 g/mol. The van der Waals surface area contributed by atoms with Crippen molar-refractivity contribution in [3.05, 3.63) is 34.9 Å². The highest BCUT2D eigenvalue weighted by Crippen LogP contribution is 2.11. The highest BCUT2D eigenvalue weighted by atomic mass is 35.5. The van der Waals surface area contributed by atoms with E-state index >= 15 is 0 Å². The second-order valence-electron chi connectivity index (χ2n) is 3.58. The van der Waals surface area contributed by atoms with Crippen LogP contribution >= 0.6 is 11.6 Å². The van der Waals surface area contributed by atoms with E-state index in [2.05, 4.69) is 5.32 Å². The molecule has 1 heterocycles. The zero-order valence-corrected chi connectivity index (χ0v) is 9.33. The van der Waals surface area contributed by atoms with Gasteiger partial charge in [-0.25, -0.2) is 0 Å². The van der Waals surface area contributed by atoms with Gasteiger partial charge in [0.2, 0.25) is 5.91 Å². The Morgan fingerprint density at radius 3 is 2.62 bits per heavy atom. The van der Waals surface area contributed by atoms with Crippen molar-refractivity contribution < 1.29 is 9.59 Å². The number of amides is 2. The van der Waals surface area contributed by atoms with Crippen LogP contribution in [0.5, 0.6) is 0 Å². The molecule has 1 aliphatic heterocycles. The van der Waals surface area contributed by atoms with Crippen molar-refractivity contribution in [1.29, 1.82) is 0 Å². The van der Waals surface area contributed by atoms with Crippen LogP contribution in [0.2, 0.25) is 5.02 Å². The number of benzene rings is 1. The average Bonchev–Trinajstić information content (AvgIpc) is 2.29. The molecular weight excluding hydrogens is 228 g/mol. The Morgan fingerprint density at radius 2 is 2.00 bits per heavy atom. The minimum atomic E-state index is -0.133. The van der Waals surface area contributed by atoms with E-state index in [1.54, 1.807) is 24.3 Å². The average molecular weight is 239 g/mol. The van der Waals surface area contributed by atoms with E-state index in [0.29, 0.717) is 23.7 Å². The van der Waals surface area contributed by atoms with Crippen molar-refractivity contribution in [2.75, 3.05) is 19.6 Å². The van der Waals surface area contributed by atoms with E-state index in [-0.39, 0.29) is 18.4 Å². The molecule has 1 fully saturated rings. The molecule has 1 N–H and O–H groups in total. The molecule has 0 aliphatic carbocycles. The molecular formula is C11H11ClN2O2. The van der Waals surface area contributed by atoms with Crippen LogP contribution in [-0.4, -0.2) is 36.3 Å². The third-order valence-electron chi connectivity index (χ3n) is 2.42. The summed E-state index contributed by atoms with van der Waals surface area (Å²) in [6, 6.07) is 6.66. The van der Waals surface area contributed by atoms with Gasteiger partial charge in [-0.3, -0.25) is 9.59 Å². The number of rotatable bonds is 1. The van der Waals surface area contributed by atoms with E-state index in [4.69, 9.17) is 11.6 Å². The number of hydrogen-bond donors (Lipinski definition) is 1. The lowest BCUT2D eigenvalue weighted by Gasteiger charge is -2.26. The van der Waals surface area contributed by atoms with E-state index in [0.717, 1.165) is 0 Å². The van der Waals surface area contributed by atoms with Crippen LogP contribution in [-0.2, 0) is 4.79 Å². The lowest BCUT2D eigenvalue weighted by molar-refractivity contribution is -0.123. The molecule has 1 aliphatic rings. The highest BCUT2D eigenvalue weighted by Gasteiger charge is 2.21. The van der Waals surface area contributed by atoms with E-state index in [1.165, 1.54) is 4.90 Å². The third kappa shape index (κ3) is 2.33.